The molecule has 220 valence electrons. The lowest BCUT2D eigenvalue weighted by Crippen LogP contribution is -2.49. The summed E-state index contributed by atoms with van der Waals surface area (Å²) in [5, 5.41) is 5.53. The first-order valence-corrected chi connectivity index (χ1v) is 14.7. The summed E-state index contributed by atoms with van der Waals surface area (Å²) in [5.41, 5.74) is 2.84. The number of piperazine rings is 1. The minimum atomic E-state index is 0.0439. The molecule has 0 radical (unpaired) electrons. The summed E-state index contributed by atoms with van der Waals surface area (Å²) in [5.74, 6) is 2.56. The lowest BCUT2D eigenvalue weighted by Gasteiger charge is -2.35. The molecule has 0 bridgehead atoms. The van der Waals surface area contributed by atoms with Gasteiger partial charge in [0.2, 0.25) is 0 Å². The van der Waals surface area contributed by atoms with Crippen LogP contribution in [-0.4, -0.2) is 95.5 Å². The van der Waals surface area contributed by atoms with Crippen LogP contribution in [0.2, 0.25) is 0 Å². The highest BCUT2D eigenvalue weighted by Gasteiger charge is 2.43. The molecule has 10 nitrogen and oxygen atoms in total. The molecule has 1 aliphatic heterocycles. The van der Waals surface area contributed by atoms with E-state index in [9.17, 15) is 4.79 Å². The number of aromatic nitrogens is 4. The van der Waals surface area contributed by atoms with Crippen LogP contribution in [0.4, 0.5) is 5.82 Å². The van der Waals surface area contributed by atoms with Gasteiger partial charge in [-0.2, -0.15) is 5.10 Å². The molecule has 1 saturated carbocycles. The molecule has 0 atom stereocenters. The average Bonchev–Trinajstić information content (AvgIpc) is 3.65. The van der Waals surface area contributed by atoms with Gasteiger partial charge in [-0.05, 0) is 75.8 Å². The largest absolute Gasteiger partial charge is 0.494 e. The third kappa shape index (κ3) is 6.18. The van der Waals surface area contributed by atoms with Gasteiger partial charge >= 0.3 is 0 Å². The van der Waals surface area contributed by atoms with E-state index in [2.05, 4.69) is 45.0 Å². The molecule has 10 heteroatoms. The summed E-state index contributed by atoms with van der Waals surface area (Å²) >= 11 is 0. The molecule has 0 unspecified atom stereocenters. The van der Waals surface area contributed by atoms with Crippen molar-refractivity contribution in [3.05, 3.63) is 72.2 Å². The van der Waals surface area contributed by atoms with Crippen LogP contribution >= 0.6 is 0 Å². The molecule has 1 aliphatic carbocycles. The Labute approximate surface area is 246 Å². The highest BCUT2D eigenvalue weighted by molar-refractivity contribution is 5.94. The number of ether oxygens (including phenoxy) is 2. The second-order valence-electron chi connectivity index (χ2n) is 11.6. The monoisotopic (exact) mass is 569 g/mol. The van der Waals surface area contributed by atoms with Crippen molar-refractivity contribution in [1.29, 1.82) is 0 Å². The Morgan fingerprint density at radius 2 is 1.76 bits per heavy atom. The molecule has 3 heterocycles. The van der Waals surface area contributed by atoms with Crippen LogP contribution in [-0.2, 0) is 6.54 Å². The minimum Gasteiger partial charge on any atom is -0.494 e. The van der Waals surface area contributed by atoms with Crippen molar-refractivity contribution >= 4 is 22.8 Å². The Kier molecular flexibility index (Phi) is 7.97. The van der Waals surface area contributed by atoms with Crippen LogP contribution in [0.5, 0.6) is 11.5 Å². The number of fused-ring (bicyclic) bond motifs is 1. The molecule has 6 rings (SSSR count). The van der Waals surface area contributed by atoms with Gasteiger partial charge in [-0.3, -0.25) is 4.79 Å². The fourth-order valence-electron chi connectivity index (χ4n) is 5.75. The van der Waals surface area contributed by atoms with Crippen molar-refractivity contribution in [2.45, 2.75) is 26.3 Å². The third-order valence-electron chi connectivity index (χ3n) is 8.08. The van der Waals surface area contributed by atoms with Gasteiger partial charge in [-0.15, -0.1) is 0 Å². The maximum absolute atomic E-state index is 13.3. The van der Waals surface area contributed by atoms with Crippen LogP contribution in [0.3, 0.4) is 0 Å². The number of anilines is 1. The number of nitrogens with zero attached hydrogens (tertiary/aromatic N) is 7. The molecule has 0 N–H and O–H groups in total. The highest BCUT2D eigenvalue weighted by atomic mass is 16.5. The predicted octanol–water partition coefficient (Wildman–Crippen LogP) is 3.96. The second kappa shape index (κ2) is 12.0. The van der Waals surface area contributed by atoms with Crippen molar-refractivity contribution in [3.8, 4) is 11.5 Å². The van der Waals surface area contributed by atoms with Crippen molar-refractivity contribution in [1.82, 2.24) is 29.5 Å². The van der Waals surface area contributed by atoms with E-state index in [0.717, 1.165) is 47.1 Å². The van der Waals surface area contributed by atoms with Gasteiger partial charge in [0.1, 0.15) is 23.6 Å². The predicted molar refractivity (Wildman–Crippen MR) is 162 cm³/mol. The maximum atomic E-state index is 13.3. The van der Waals surface area contributed by atoms with E-state index in [1.165, 1.54) is 12.8 Å². The highest BCUT2D eigenvalue weighted by Crippen LogP contribution is 2.46. The maximum Gasteiger partial charge on any atom is 0.253 e. The van der Waals surface area contributed by atoms with Gasteiger partial charge in [0.05, 0.1) is 31.3 Å². The average molecular weight is 570 g/mol. The summed E-state index contributed by atoms with van der Waals surface area (Å²) < 4.78 is 13.6. The fraction of sp³-hybridized carbons (Fsp3) is 0.438. The number of amides is 1. The lowest BCUT2D eigenvalue weighted by atomic mass is 10.1. The van der Waals surface area contributed by atoms with E-state index in [4.69, 9.17) is 9.47 Å². The van der Waals surface area contributed by atoms with E-state index in [0.29, 0.717) is 44.9 Å². The van der Waals surface area contributed by atoms with E-state index in [1.807, 2.05) is 65.2 Å². The Morgan fingerprint density at radius 3 is 2.48 bits per heavy atom. The van der Waals surface area contributed by atoms with Crippen molar-refractivity contribution < 1.29 is 14.3 Å². The molecule has 2 aliphatic rings. The normalized spacial score (nSPS) is 16.2. The molecule has 42 heavy (non-hydrogen) atoms. The molecule has 4 aromatic rings. The van der Waals surface area contributed by atoms with Crippen molar-refractivity contribution in [2.75, 3.05) is 64.9 Å². The first-order valence-electron chi connectivity index (χ1n) is 14.7. The zero-order valence-corrected chi connectivity index (χ0v) is 24.7. The first-order chi connectivity index (χ1) is 20.4. The van der Waals surface area contributed by atoms with Crippen LogP contribution in [0.25, 0.3) is 11.0 Å². The summed E-state index contributed by atoms with van der Waals surface area (Å²) in [6, 6.07) is 15.6. The molecule has 2 aromatic heterocycles. The Morgan fingerprint density at radius 1 is 0.976 bits per heavy atom. The summed E-state index contributed by atoms with van der Waals surface area (Å²) in [7, 11) is 4.21. The molecular formula is C32H39N7O3. The smallest absolute Gasteiger partial charge is 0.253 e. The number of hydrogen-bond acceptors (Lipinski definition) is 8. The van der Waals surface area contributed by atoms with Gasteiger partial charge < -0.3 is 24.2 Å². The minimum absolute atomic E-state index is 0.0439. The summed E-state index contributed by atoms with van der Waals surface area (Å²) in [6.45, 7) is 7.57. The Balaban J connectivity index is 1.06. The molecule has 1 saturated heterocycles. The molecule has 2 aromatic carbocycles. The molecule has 0 spiro atoms. The van der Waals surface area contributed by atoms with Gasteiger partial charge in [0, 0.05) is 43.7 Å². The van der Waals surface area contributed by atoms with E-state index in [-0.39, 0.29) is 11.3 Å². The Hall–Kier alpha value is -4.18. The lowest BCUT2D eigenvalue weighted by molar-refractivity contribution is 0.0746. The SMILES string of the molecule is CCOc1cccc(Cn2ncc3c(N4CCN(C(=O)c5ccc(OCC6(CN(C)C)CC6)cc5)CC4)ncnc32)c1. The van der Waals surface area contributed by atoms with Gasteiger partial charge in [0.25, 0.3) is 5.91 Å². The first kappa shape index (κ1) is 28.0. The van der Waals surface area contributed by atoms with Crippen molar-refractivity contribution in [3.63, 3.8) is 0 Å². The Bertz CT molecular complexity index is 1520. The number of rotatable bonds is 11. The molecule has 2 fully saturated rings. The second-order valence-corrected chi connectivity index (χ2v) is 11.6. The van der Waals surface area contributed by atoms with Crippen LogP contribution < -0.4 is 14.4 Å². The van der Waals surface area contributed by atoms with E-state index < -0.39 is 0 Å². The van der Waals surface area contributed by atoms with Crippen LogP contribution in [0.1, 0.15) is 35.7 Å². The molecule has 1 amide bonds. The van der Waals surface area contributed by atoms with E-state index >= 15 is 0 Å². The zero-order chi connectivity index (χ0) is 29.1. The number of carbonyl (C=O) groups is 1. The van der Waals surface area contributed by atoms with Gasteiger partial charge in [-0.1, -0.05) is 12.1 Å². The van der Waals surface area contributed by atoms with Gasteiger partial charge in [-0.25, -0.2) is 14.6 Å². The zero-order valence-electron chi connectivity index (χ0n) is 24.7. The summed E-state index contributed by atoms with van der Waals surface area (Å²) in [4.78, 5) is 28.8. The fourth-order valence-corrected chi connectivity index (χ4v) is 5.75. The summed E-state index contributed by atoms with van der Waals surface area (Å²) in [6.07, 6.45) is 5.85. The topological polar surface area (TPSA) is 88.9 Å². The molecular weight excluding hydrogens is 530 g/mol. The van der Waals surface area contributed by atoms with Crippen LogP contribution in [0, 0.1) is 5.41 Å². The van der Waals surface area contributed by atoms with E-state index in [1.54, 1.807) is 6.33 Å². The van der Waals surface area contributed by atoms with Crippen molar-refractivity contribution in [2.24, 2.45) is 5.41 Å². The quantitative estimate of drug-likeness (QED) is 0.268. The van der Waals surface area contributed by atoms with Gasteiger partial charge in [0.15, 0.2) is 5.65 Å². The standard InChI is InChI=1S/C32H39N7O3/c1-4-41-27-7-5-6-24(18-27)20-39-30-28(19-35-39)29(33-23-34-30)37-14-16-38(17-15-37)31(40)25-8-10-26(11-9-25)42-22-32(12-13-32)21-36(2)3/h5-11,18-19,23H,4,12-17,20-22H2,1-3H3. The number of carbonyl (C=O) groups excluding carboxylic acids is 1. The van der Waals surface area contributed by atoms with Crippen LogP contribution in [0.15, 0.2) is 61.1 Å². The third-order valence-corrected chi connectivity index (χ3v) is 8.08. The number of hydrogen-bond donors (Lipinski definition) is 0. The number of benzene rings is 2.